The minimum Gasteiger partial charge on any atom is -0.356 e. The molecule has 10 nitrogen and oxygen atoms in total. The summed E-state index contributed by atoms with van der Waals surface area (Å²) in [7, 11) is 0. The van der Waals surface area contributed by atoms with Gasteiger partial charge in [-0.1, -0.05) is 30.3 Å². The molecule has 0 bridgehead atoms. The van der Waals surface area contributed by atoms with Crippen LogP contribution < -0.4 is 10.6 Å². The van der Waals surface area contributed by atoms with Crippen LogP contribution in [0.5, 0.6) is 0 Å². The van der Waals surface area contributed by atoms with Gasteiger partial charge in [-0.25, -0.2) is 4.98 Å². The van der Waals surface area contributed by atoms with E-state index in [9.17, 15) is 24.0 Å². The number of fused-ring (bicyclic) bond motifs is 1. The van der Waals surface area contributed by atoms with Gasteiger partial charge in [0.05, 0.1) is 12.6 Å². The summed E-state index contributed by atoms with van der Waals surface area (Å²) < 4.78 is 0. The molecular formula is C29H35N5O5S. The number of benzene rings is 1. The Bertz CT molecular complexity index is 1210. The molecule has 1 saturated carbocycles. The van der Waals surface area contributed by atoms with Gasteiger partial charge in [0.1, 0.15) is 12.1 Å². The van der Waals surface area contributed by atoms with Gasteiger partial charge in [0.25, 0.3) is 0 Å². The molecule has 0 radical (unpaired) electrons. The fourth-order valence-electron chi connectivity index (χ4n) is 6.34. The van der Waals surface area contributed by atoms with E-state index in [4.69, 9.17) is 0 Å². The molecule has 2 N–H and O–H groups in total. The average molecular weight is 566 g/mol. The summed E-state index contributed by atoms with van der Waals surface area (Å²) in [5.41, 5.74) is 1.19. The van der Waals surface area contributed by atoms with E-state index < -0.39 is 24.0 Å². The first-order chi connectivity index (χ1) is 19.5. The number of rotatable bonds is 11. The molecule has 1 aliphatic carbocycles. The summed E-state index contributed by atoms with van der Waals surface area (Å²) in [5, 5.41) is 7.83. The first kappa shape index (κ1) is 27.9. The molecule has 0 spiro atoms. The Morgan fingerprint density at radius 2 is 1.85 bits per heavy atom. The zero-order valence-electron chi connectivity index (χ0n) is 22.4. The fraction of sp³-hybridized carbons (Fsp3) is 0.517. The second kappa shape index (κ2) is 12.7. The maximum atomic E-state index is 13.6. The highest BCUT2D eigenvalue weighted by molar-refractivity contribution is 7.11. The highest BCUT2D eigenvalue weighted by atomic mass is 32.1. The third-order valence-corrected chi connectivity index (χ3v) is 9.19. The first-order valence-corrected chi connectivity index (χ1v) is 14.9. The summed E-state index contributed by atoms with van der Waals surface area (Å²) in [5.74, 6) is -1.09. The van der Waals surface area contributed by atoms with Crippen molar-refractivity contribution in [1.82, 2.24) is 25.4 Å². The number of hydrogen-bond donors (Lipinski definition) is 2. The van der Waals surface area contributed by atoms with Crippen molar-refractivity contribution < 1.29 is 24.0 Å². The van der Waals surface area contributed by atoms with E-state index in [-0.39, 0.29) is 36.1 Å². The summed E-state index contributed by atoms with van der Waals surface area (Å²) in [6, 6.07) is 7.88. The molecule has 1 aromatic carbocycles. The Morgan fingerprint density at radius 1 is 1.07 bits per heavy atom. The zero-order chi connectivity index (χ0) is 28.1. The number of nitrogens with zero attached hydrogens (tertiary/aromatic N) is 3. The van der Waals surface area contributed by atoms with Gasteiger partial charge >= 0.3 is 0 Å². The number of Topliss-reactive ketones (excluding diaryl/α,β-unsaturated/α-hetero) is 1. The van der Waals surface area contributed by atoms with Crippen LogP contribution in [-0.4, -0.2) is 82.0 Å². The van der Waals surface area contributed by atoms with Gasteiger partial charge in [0.15, 0.2) is 5.01 Å². The molecule has 4 amide bonds. The van der Waals surface area contributed by atoms with E-state index in [1.807, 2.05) is 30.3 Å². The standard InChI is InChI=1S/C29H35N5O5S/c35-18-31-21-10-8-20(9-11-21)25(26(37)28-30-14-16-40-28)32-27(38)22-12-13-23-29(39)33(17-24(36)34(22)23)15-4-7-19-5-2-1-3-6-19/h1-3,5-6,14,16,18,20-23,25H,4,7-13,15,17H2,(H,31,35)(H,32,38)/t20?,21?,22-,23-,25-/m0/s1. The number of aryl methyl sites for hydroxylation is 1. The predicted molar refractivity (Wildman–Crippen MR) is 148 cm³/mol. The second-order valence-corrected chi connectivity index (χ2v) is 11.7. The number of nitrogens with one attached hydrogen (secondary N) is 2. The Labute approximate surface area is 237 Å². The van der Waals surface area contributed by atoms with Crippen LogP contribution in [0.2, 0.25) is 0 Å². The minimum absolute atomic E-state index is 0.0386. The third-order valence-electron chi connectivity index (χ3n) is 8.41. The number of ketones is 1. The van der Waals surface area contributed by atoms with Crippen molar-refractivity contribution in [2.45, 2.75) is 75.5 Å². The first-order valence-electron chi connectivity index (χ1n) is 14.0. The van der Waals surface area contributed by atoms with Crippen molar-refractivity contribution in [3.05, 3.63) is 52.5 Å². The normalized spacial score (nSPS) is 25.3. The van der Waals surface area contributed by atoms with E-state index in [0.717, 1.165) is 12.8 Å². The SMILES string of the molecule is O=CNC1CCC([C@H](NC(=O)[C@@H]2CC[C@H]3C(=O)N(CCCc4ccccc4)CC(=O)N23)C(=O)c2nccs2)CC1. The quantitative estimate of drug-likeness (QED) is 0.317. The molecule has 40 heavy (non-hydrogen) atoms. The maximum absolute atomic E-state index is 13.6. The Hall–Kier alpha value is -3.60. The van der Waals surface area contributed by atoms with E-state index in [1.165, 1.54) is 21.8 Å². The van der Waals surface area contributed by atoms with Crippen molar-refractivity contribution in [2.24, 2.45) is 5.92 Å². The molecule has 11 heteroatoms. The highest BCUT2D eigenvalue weighted by Gasteiger charge is 2.49. The van der Waals surface area contributed by atoms with Gasteiger partial charge in [0, 0.05) is 24.2 Å². The molecule has 3 heterocycles. The summed E-state index contributed by atoms with van der Waals surface area (Å²) >= 11 is 1.23. The lowest BCUT2D eigenvalue weighted by atomic mass is 9.80. The molecule has 3 atom stereocenters. The van der Waals surface area contributed by atoms with Crippen molar-refractivity contribution in [3.63, 3.8) is 0 Å². The number of thiazole rings is 1. The van der Waals surface area contributed by atoms with E-state index in [1.54, 1.807) is 16.5 Å². The topological polar surface area (TPSA) is 129 Å². The average Bonchev–Trinajstić information content (AvgIpc) is 3.67. The van der Waals surface area contributed by atoms with Crippen LogP contribution in [-0.2, 0) is 25.6 Å². The Kier molecular flexibility index (Phi) is 8.88. The number of carbonyl (C=O) groups excluding carboxylic acids is 5. The Morgan fingerprint density at radius 3 is 2.55 bits per heavy atom. The number of piperazine rings is 1. The van der Waals surface area contributed by atoms with Gasteiger partial charge in [-0.15, -0.1) is 11.3 Å². The maximum Gasteiger partial charge on any atom is 0.245 e. The summed E-state index contributed by atoms with van der Waals surface area (Å²) in [6.45, 7) is 0.454. The molecule has 2 aliphatic heterocycles. The van der Waals surface area contributed by atoms with Crippen LogP contribution in [0.15, 0.2) is 41.9 Å². The van der Waals surface area contributed by atoms with Crippen molar-refractivity contribution in [3.8, 4) is 0 Å². The lowest BCUT2D eigenvalue weighted by molar-refractivity contribution is -0.157. The Balaban J connectivity index is 1.23. The van der Waals surface area contributed by atoms with Gasteiger partial charge in [-0.2, -0.15) is 0 Å². The zero-order valence-corrected chi connectivity index (χ0v) is 23.2. The molecule has 5 rings (SSSR count). The minimum atomic E-state index is -0.785. The molecule has 2 aromatic rings. The smallest absolute Gasteiger partial charge is 0.245 e. The lowest BCUT2D eigenvalue weighted by Gasteiger charge is -2.39. The molecular weight excluding hydrogens is 530 g/mol. The fourth-order valence-corrected chi connectivity index (χ4v) is 6.96. The van der Waals surface area contributed by atoms with Gasteiger partial charge in [-0.05, 0) is 62.8 Å². The predicted octanol–water partition coefficient (Wildman–Crippen LogP) is 1.95. The van der Waals surface area contributed by atoms with Crippen molar-refractivity contribution in [1.29, 1.82) is 0 Å². The monoisotopic (exact) mass is 565 g/mol. The third kappa shape index (κ3) is 6.09. The van der Waals surface area contributed by atoms with Crippen molar-refractivity contribution in [2.75, 3.05) is 13.1 Å². The van der Waals surface area contributed by atoms with Crippen molar-refractivity contribution >= 4 is 41.3 Å². The van der Waals surface area contributed by atoms with Gasteiger partial charge < -0.3 is 20.4 Å². The molecule has 0 unspecified atom stereocenters. The van der Waals surface area contributed by atoms with Gasteiger partial charge in [-0.3, -0.25) is 24.0 Å². The van der Waals surface area contributed by atoms with Crippen LogP contribution in [0.4, 0.5) is 0 Å². The molecule has 3 fully saturated rings. The lowest BCUT2D eigenvalue weighted by Crippen LogP contribution is -2.62. The van der Waals surface area contributed by atoms with E-state index in [0.29, 0.717) is 56.5 Å². The number of carbonyl (C=O) groups is 5. The largest absolute Gasteiger partial charge is 0.356 e. The molecule has 212 valence electrons. The number of aromatic nitrogens is 1. The number of amides is 4. The van der Waals surface area contributed by atoms with Crippen LogP contribution in [0.1, 0.15) is 60.3 Å². The molecule has 3 aliphatic rings. The van der Waals surface area contributed by atoms with E-state index >= 15 is 0 Å². The van der Waals surface area contributed by atoms with Gasteiger partial charge in [0.2, 0.25) is 29.9 Å². The van der Waals surface area contributed by atoms with Crippen LogP contribution >= 0.6 is 11.3 Å². The van der Waals surface area contributed by atoms with E-state index in [2.05, 4.69) is 15.6 Å². The number of hydrogen-bond acceptors (Lipinski definition) is 7. The highest BCUT2D eigenvalue weighted by Crippen LogP contribution is 2.32. The molecule has 1 aromatic heterocycles. The summed E-state index contributed by atoms with van der Waals surface area (Å²) in [4.78, 5) is 71.6. The van der Waals surface area contributed by atoms with Crippen LogP contribution in [0, 0.1) is 5.92 Å². The second-order valence-electron chi connectivity index (χ2n) is 10.8. The van der Waals surface area contributed by atoms with Crippen LogP contribution in [0.25, 0.3) is 0 Å². The van der Waals surface area contributed by atoms with Crippen LogP contribution in [0.3, 0.4) is 0 Å². The molecule has 2 saturated heterocycles. The summed E-state index contributed by atoms with van der Waals surface area (Å²) in [6.07, 6.45) is 7.39.